The molecule has 1 amide bonds. The van der Waals surface area contributed by atoms with Crippen molar-refractivity contribution in [1.29, 1.82) is 0 Å². The number of nitrogens with zero attached hydrogens (tertiary/aromatic N) is 2. The predicted molar refractivity (Wildman–Crippen MR) is 130 cm³/mol. The van der Waals surface area contributed by atoms with Crippen LogP contribution < -0.4 is 5.32 Å². The number of carbonyl (C=O) groups excluding carboxylic acids is 1. The largest absolute Gasteiger partial charge is 0.356 e. The SMILES string of the molecule is CC1CC(C)CN(CCCNC(=O)C2CCN(S(=O)(=O)Cc3ccc(Cl)c(Cl)c3)CC2)C1. The molecule has 32 heavy (non-hydrogen) atoms. The molecule has 0 bridgehead atoms. The Morgan fingerprint density at radius 1 is 1.09 bits per heavy atom. The first-order valence-electron chi connectivity index (χ1n) is 11.6. The maximum absolute atomic E-state index is 12.8. The molecule has 0 aromatic heterocycles. The summed E-state index contributed by atoms with van der Waals surface area (Å²) in [6, 6.07) is 4.88. The molecular formula is C23H35Cl2N3O3S. The molecule has 6 nitrogen and oxygen atoms in total. The molecule has 0 aliphatic carbocycles. The van der Waals surface area contributed by atoms with Gasteiger partial charge in [-0.25, -0.2) is 12.7 Å². The van der Waals surface area contributed by atoms with Crippen LogP contribution in [0.25, 0.3) is 0 Å². The van der Waals surface area contributed by atoms with Gasteiger partial charge in [0.2, 0.25) is 15.9 Å². The van der Waals surface area contributed by atoms with Gasteiger partial charge >= 0.3 is 0 Å². The summed E-state index contributed by atoms with van der Waals surface area (Å²) in [5.74, 6) is 1.29. The molecule has 3 rings (SSSR count). The quantitative estimate of drug-likeness (QED) is 0.543. The van der Waals surface area contributed by atoms with Gasteiger partial charge in [-0.3, -0.25) is 4.79 Å². The number of rotatable bonds is 8. The third-order valence-corrected chi connectivity index (χ3v) is 9.04. The first kappa shape index (κ1) is 25.8. The lowest BCUT2D eigenvalue weighted by Gasteiger charge is -2.35. The van der Waals surface area contributed by atoms with Gasteiger partial charge in [0.05, 0.1) is 15.8 Å². The molecule has 2 unspecified atom stereocenters. The lowest BCUT2D eigenvalue weighted by Crippen LogP contribution is -2.44. The second-order valence-corrected chi connectivity index (χ2v) is 12.3. The number of amides is 1. The Morgan fingerprint density at radius 3 is 2.38 bits per heavy atom. The van der Waals surface area contributed by atoms with Gasteiger partial charge in [-0.05, 0) is 61.8 Å². The monoisotopic (exact) mass is 503 g/mol. The van der Waals surface area contributed by atoms with E-state index in [4.69, 9.17) is 23.2 Å². The second kappa shape index (κ2) is 11.5. The summed E-state index contributed by atoms with van der Waals surface area (Å²) in [5.41, 5.74) is 0.608. The van der Waals surface area contributed by atoms with Gasteiger partial charge in [-0.15, -0.1) is 0 Å². The van der Waals surface area contributed by atoms with Crippen LogP contribution in [0.2, 0.25) is 10.0 Å². The zero-order valence-corrected chi connectivity index (χ0v) is 21.4. The Labute approximate surface area is 202 Å². The Bertz CT molecular complexity index is 878. The molecule has 2 aliphatic rings. The fraction of sp³-hybridized carbons (Fsp3) is 0.696. The van der Waals surface area contributed by atoms with E-state index in [1.807, 2.05) is 0 Å². The molecule has 0 radical (unpaired) electrons. The van der Waals surface area contributed by atoms with Gasteiger partial charge in [-0.2, -0.15) is 0 Å². The van der Waals surface area contributed by atoms with Crippen molar-refractivity contribution < 1.29 is 13.2 Å². The van der Waals surface area contributed by atoms with Crippen LogP contribution in [-0.2, 0) is 20.6 Å². The van der Waals surface area contributed by atoms with E-state index in [2.05, 4.69) is 24.1 Å². The molecule has 0 saturated carbocycles. The molecular weight excluding hydrogens is 469 g/mol. The van der Waals surface area contributed by atoms with Gasteiger partial charge in [0.1, 0.15) is 0 Å². The summed E-state index contributed by atoms with van der Waals surface area (Å²) in [5, 5.41) is 3.81. The third kappa shape index (κ3) is 7.32. The molecule has 1 aromatic rings. The standard InChI is InChI=1S/C23H35Cl2N3O3S/c1-17-12-18(2)15-27(14-17)9-3-8-26-23(29)20-6-10-28(11-7-20)32(30,31)16-19-4-5-21(24)22(25)13-19/h4-5,13,17-18,20H,3,6-12,14-16H2,1-2H3,(H,26,29). The van der Waals surface area contributed by atoms with Crippen molar-refractivity contribution in [2.24, 2.45) is 17.8 Å². The lowest BCUT2D eigenvalue weighted by atomic mass is 9.92. The number of carbonyl (C=O) groups is 1. The summed E-state index contributed by atoms with van der Waals surface area (Å²) in [6.45, 7) is 9.33. The van der Waals surface area contributed by atoms with E-state index in [0.717, 1.165) is 37.9 Å². The minimum atomic E-state index is -3.46. The average Bonchev–Trinajstić information content (AvgIpc) is 2.73. The molecule has 2 fully saturated rings. The van der Waals surface area contributed by atoms with Crippen LogP contribution >= 0.6 is 23.2 Å². The minimum absolute atomic E-state index is 0.0481. The van der Waals surface area contributed by atoms with E-state index in [9.17, 15) is 13.2 Å². The molecule has 1 aromatic carbocycles. The van der Waals surface area contributed by atoms with Crippen LogP contribution in [0.4, 0.5) is 0 Å². The minimum Gasteiger partial charge on any atom is -0.356 e. The Balaban J connectivity index is 1.38. The fourth-order valence-electron chi connectivity index (χ4n) is 4.96. The van der Waals surface area contributed by atoms with Crippen molar-refractivity contribution in [3.05, 3.63) is 33.8 Å². The first-order chi connectivity index (χ1) is 15.1. The summed E-state index contributed by atoms with van der Waals surface area (Å²) >= 11 is 11.9. The lowest BCUT2D eigenvalue weighted by molar-refractivity contribution is -0.126. The summed E-state index contributed by atoms with van der Waals surface area (Å²) in [7, 11) is -3.46. The molecule has 1 N–H and O–H groups in total. The Hall–Kier alpha value is -0.860. The zero-order chi connectivity index (χ0) is 23.3. The smallest absolute Gasteiger partial charge is 0.223 e. The average molecular weight is 505 g/mol. The fourth-order valence-corrected chi connectivity index (χ4v) is 6.83. The third-order valence-electron chi connectivity index (χ3n) is 6.45. The normalized spacial score (nSPS) is 23.9. The van der Waals surface area contributed by atoms with Crippen LogP contribution in [-0.4, -0.2) is 62.8 Å². The van der Waals surface area contributed by atoms with Crippen LogP contribution in [0.1, 0.15) is 45.1 Å². The van der Waals surface area contributed by atoms with E-state index in [0.29, 0.717) is 48.1 Å². The zero-order valence-electron chi connectivity index (χ0n) is 19.0. The van der Waals surface area contributed by atoms with Crippen molar-refractivity contribution in [2.45, 2.75) is 45.3 Å². The van der Waals surface area contributed by atoms with Crippen molar-refractivity contribution in [2.75, 3.05) is 39.3 Å². The number of halogens is 2. The number of likely N-dealkylation sites (tertiary alicyclic amines) is 1. The summed E-state index contributed by atoms with van der Waals surface area (Å²) in [4.78, 5) is 15.1. The van der Waals surface area contributed by atoms with Crippen molar-refractivity contribution >= 4 is 39.1 Å². The molecule has 9 heteroatoms. The highest BCUT2D eigenvalue weighted by atomic mass is 35.5. The highest BCUT2D eigenvalue weighted by Gasteiger charge is 2.31. The maximum atomic E-state index is 12.8. The van der Waals surface area contributed by atoms with E-state index in [-0.39, 0.29) is 17.6 Å². The topological polar surface area (TPSA) is 69.7 Å². The Morgan fingerprint density at radius 2 is 1.75 bits per heavy atom. The predicted octanol–water partition coefficient (Wildman–Crippen LogP) is 4.02. The van der Waals surface area contributed by atoms with Gasteiger partial charge < -0.3 is 10.2 Å². The van der Waals surface area contributed by atoms with Gasteiger partial charge in [0, 0.05) is 38.6 Å². The van der Waals surface area contributed by atoms with Gasteiger partial charge in [0.25, 0.3) is 0 Å². The molecule has 2 saturated heterocycles. The number of hydrogen-bond acceptors (Lipinski definition) is 4. The number of sulfonamides is 1. The van der Waals surface area contributed by atoms with Crippen molar-refractivity contribution in [1.82, 2.24) is 14.5 Å². The summed E-state index contributed by atoms with van der Waals surface area (Å²) < 4.78 is 27.0. The van der Waals surface area contributed by atoms with Gasteiger partial charge in [0.15, 0.2) is 0 Å². The van der Waals surface area contributed by atoms with Crippen LogP contribution in [0.15, 0.2) is 18.2 Å². The number of hydrogen-bond donors (Lipinski definition) is 1. The van der Waals surface area contributed by atoms with Crippen LogP contribution in [0.5, 0.6) is 0 Å². The first-order valence-corrected chi connectivity index (χ1v) is 13.9. The van der Waals surface area contributed by atoms with Crippen molar-refractivity contribution in [3.63, 3.8) is 0 Å². The van der Waals surface area contributed by atoms with Crippen LogP contribution in [0, 0.1) is 17.8 Å². The molecule has 180 valence electrons. The number of nitrogens with one attached hydrogen (secondary N) is 1. The van der Waals surface area contributed by atoms with E-state index in [1.165, 1.54) is 10.7 Å². The Kier molecular flexibility index (Phi) is 9.27. The molecule has 2 aliphatic heterocycles. The van der Waals surface area contributed by atoms with E-state index in [1.54, 1.807) is 18.2 Å². The highest BCUT2D eigenvalue weighted by Crippen LogP contribution is 2.26. The second-order valence-electron chi connectivity index (χ2n) is 9.53. The van der Waals surface area contributed by atoms with E-state index < -0.39 is 10.0 Å². The van der Waals surface area contributed by atoms with E-state index >= 15 is 0 Å². The molecule has 2 atom stereocenters. The van der Waals surface area contributed by atoms with Gasteiger partial charge in [-0.1, -0.05) is 43.1 Å². The maximum Gasteiger partial charge on any atom is 0.223 e. The summed E-state index contributed by atoms with van der Waals surface area (Å²) in [6.07, 6.45) is 3.35. The number of piperidine rings is 2. The van der Waals surface area contributed by atoms with Crippen molar-refractivity contribution in [3.8, 4) is 0 Å². The number of benzene rings is 1. The molecule has 0 spiro atoms. The molecule has 2 heterocycles. The highest BCUT2D eigenvalue weighted by molar-refractivity contribution is 7.88. The van der Waals surface area contributed by atoms with Crippen LogP contribution in [0.3, 0.4) is 0 Å².